The predicted octanol–water partition coefficient (Wildman–Crippen LogP) is -1.49. The number of carbonyl (C=O) groups is 9. The van der Waals surface area contributed by atoms with E-state index in [2.05, 4.69) is 47.5 Å². The molecule has 0 unspecified atom stereocenters. The molecule has 2 aromatic carbocycles. The zero-order valence-electron chi connectivity index (χ0n) is 44.4. The van der Waals surface area contributed by atoms with E-state index in [1.54, 1.807) is 36.5 Å². The molecule has 8 atom stereocenters. The summed E-state index contributed by atoms with van der Waals surface area (Å²) in [6.07, 6.45) is 1.64. The maximum atomic E-state index is 14.8. The first-order valence-corrected chi connectivity index (χ1v) is 26.6. The van der Waals surface area contributed by atoms with Gasteiger partial charge in [0.05, 0.1) is 19.3 Å². The number of aromatic nitrogens is 1. The number of rotatable bonds is 20. The highest BCUT2D eigenvalue weighted by Gasteiger charge is 2.43. The molecule has 0 radical (unpaired) electrons. The summed E-state index contributed by atoms with van der Waals surface area (Å²) in [6, 6.07) is 6.73. The lowest BCUT2D eigenvalue weighted by Gasteiger charge is -2.31. The number of nitrogens with one attached hydrogen (secondary N) is 10. The smallest absolute Gasteiger partial charge is 0.246 e. The van der Waals surface area contributed by atoms with Crippen molar-refractivity contribution in [3.05, 3.63) is 71.9 Å². The summed E-state index contributed by atoms with van der Waals surface area (Å²) < 4.78 is 10.3. The number of carbonyl (C=O) groups excluding carboxylic acids is 9. The van der Waals surface area contributed by atoms with Crippen LogP contribution in [0, 0.1) is 5.41 Å². The number of methoxy groups -OCH3 is 1. The molecule has 1 aromatic heterocycles. The van der Waals surface area contributed by atoms with Gasteiger partial charge in [0, 0.05) is 69.5 Å². The third kappa shape index (κ3) is 19.4. The van der Waals surface area contributed by atoms with Gasteiger partial charge in [0.15, 0.2) is 5.96 Å². The van der Waals surface area contributed by atoms with Gasteiger partial charge < -0.3 is 78.5 Å². The Hall–Kier alpha value is -7.64. The number of aliphatic hydroxyl groups excluding tert-OH is 1. The highest BCUT2D eigenvalue weighted by atomic mass is 16.5. The van der Waals surface area contributed by atoms with Gasteiger partial charge in [0.1, 0.15) is 48.9 Å². The van der Waals surface area contributed by atoms with Crippen LogP contribution >= 0.6 is 0 Å². The summed E-state index contributed by atoms with van der Waals surface area (Å²) in [6.45, 7) is 1.77. The number of para-hydroxylation sites is 1. The Labute approximate surface area is 453 Å². The van der Waals surface area contributed by atoms with Gasteiger partial charge in [-0.25, -0.2) is 0 Å². The van der Waals surface area contributed by atoms with Crippen LogP contribution in [0.5, 0.6) is 0 Å². The maximum absolute atomic E-state index is 14.8. The lowest BCUT2D eigenvalue weighted by atomic mass is 10.0. The van der Waals surface area contributed by atoms with Crippen LogP contribution in [0.15, 0.2) is 60.8 Å². The first-order chi connectivity index (χ1) is 37.5. The molecular formula is C53H77N13O12. The lowest BCUT2D eigenvalue weighted by molar-refractivity contribution is -0.143. The largest absolute Gasteiger partial charge is 0.391 e. The molecule has 2 aliphatic heterocycles. The summed E-state index contributed by atoms with van der Waals surface area (Å²) in [4.78, 5) is 130. The zero-order chi connectivity index (χ0) is 56.6. The highest BCUT2D eigenvalue weighted by molar-refractivity contribution is 5.98. The Balaban J connectivity index is 1.50. The first-order valence-electron chi connectivity index (χ1n) is 26.6. The second kappa shape index (κ2) is 31.5. The van der Waals surface area contributed by atoms with Gasteiger partial charge in [-0.1, -0.05) is 68.3 Å². The van der Waals surface area contributed by atoms with Crippen LogP contribution in [0.1, 0.15) is 88.7 Å². The van der Waals surface area contributed by atoms with Crippen molar-refractivity contribution in [2.75, 3.05) is 46.6 Å². The quantitative estimate of drug-likeness (QED) is 0.0348. The molecule has 426 valence electrons. The monoisotopic (exact) mass is 1090 g/mol. The van der Waals surface area contributed by atoms with Crippen molar-refractivity contribution >= 4 is 70.0 Å². The second-order valence-corrected chi connectivity index (χ2v) is 19.5. The number of ether oxygens (including phenoxy) is 2. The van der Waals surface area contributed by atoms with E-state index in [0.717, 1.165) is 15.8 Å². The van der Waals surface area contributed by atoms with Crippen molar-refractivity contribution in [2.24, 2.45) is 11.5 Å². The average Bonchev–Trinajstić information content (AvgIpc) is 4.04. The van der Waals surface area contributed by atoms with Crippen molar-refractivity contribution in [2.45, 2.75) is 139 Å². The van der Waals surface area contributed by atoms with E-state index in [1.165, 1.54) is 7.11 Å². The molecule has 9 amide bonds. The summed E-state index contributed by atoms with van der Waals surface area (Å²) >= 11 is 0. The molecule has 0 bridgehead atoms. The maximum Gasteiger partial charge on any atom is 0.246 e. The molecule has 0 spiro atoms. The molecule has 78 heavy (non-hydrogen) atoms. The van der Waals surface area contributed by atoms with Gasteiger partial charge >= 0.3 is 0 Å². The fraction of sp³-hybridized carbons (Fsp3) is 0.547. The number of benzene rings is 2. The van der Waals surface area contributed by atoms with Gasteiger partial charge in [0.2, 0.25) is 53.2 Å². The molecule has 0 aliphatic carbocycles. The Morgan fingerprint density at radius 3 is 2.27 bits per heavy atom. The van der Waals surface area contributed by atoms with Gasteiger partial charge in [-0.3, -0.25) is 48.6 Å². The minimum absolute atomic E-state index is 0.0545. The van der Waals surface area contributed by atoms with Crippen molar-refractivity contribution in [3.63, 3.8) is 0 Å². The summed E-state index contributed by atoms with van der Waals surface area (Å²) in [5, 5.41) is 41.3. The zero-order valence-corrected chi connectivity index (χ0v) is 44.4. The van der Waals surface area contributed by atoms with Crippen LogP contribution in [0.2, 0.25) is 0 Å². The van der Waals surface area contributed by atoms with Crippen LogP contribution in [0.25, 0.3) is 10.9 Å². The summed E-state index contributed by atoms with van der Waals surface area (Å²) in [7, 11) is 1.48. The lowest BCUT2D eigenvalue weighted by Crippen LogP contribution is -2.60. The number of hydrogen-bond donors (Lipinski definition) is 13. The Kier molecular flexibility index (Phi) is 24.8. The molecule has 0 saturated carbocycles. The van der Waals surface area contributed by atoms with Gasteiger partial charge in [-0.2, -0.15) is 0 Å². The molecule has 25 heteroatoms. The van der Waals surface area contributed by atoms with E-state index in [0.29, 0.717) is 36.8 Å². The van der Waals surface area contributed by atoms with Crippen LogP contribution in [0.4, 0.5) is 0 Å². The fourth-order valence-electron chi connectivity index (χ4n) is 9.28. The van der Waals surface area contributed by atoms with E-state index in [4.69, 9.17) is 26.4 Å². The van der Waals surface area contributed by atoms with E-state index >= 15 is 0 Å². The minimum atomic E-state index is -1.45. The number of nitrogens with two attached hydrogens (primary N) is 2. The van der Waals surface area contributed by atoms with Crippen LogP contribution < -0.4 is 54.0 Å². The summed E-state index contributed by atoms with van der Waals surface area (Å²) in [5.41, 5.74) is 13.4. The third-order valence-corrected chi connectivity index (χ3v) is 13.5. The number of nitrogens with zero attached hydrogens (tertiary/aromatic N) is 1. The van der Waals surface area contributed by atoms with Gasteiger partial charge in [0.25, 0.3) is 0 Å². The highest BCUT2D eigenvalue weighted by Crippen LogP contribution is 2.23. The minimum Gasteiger partial charge on any atom is -0.391 e. The Morgan fingerprint density at radius 2 is 1.54 bits per heavy atom. The van der Waals surface area contributed by atoms with E-state index in [9.17, 15) is 48.3 Å². The van der Waals surface area contributed by atoms with E-state index < -0.39 is 102 Å². The Morgan fingerprint density at radius 1 is 0.846 bits per heavy atom. The molecular weight excluding hydrogens is 1010 g/mol. The SMILES string of the molecule is CCCC[C@H](NC(=O)COCCOC)C(=O)N[C@H]1CCC(=O)NCCCC[C@@H](C(N)=O)NC(=O)[C@H](Cc2c[nH]c3ccccc23)NC(=O)[C@H](CCCNC(=N)N)NC(=O)[C@@H](Cc2ccccc2)NC(=O)[C@@H]2C[C@@H](O)CN2C1=O. The molecule has 2 fully saturated rings. The normalized spacial score (nSPS) is 22.8. The van der Waals surface area contributed by atoms with Crippen LogP contribution in [-0.2, 0) is 65.5 Å². The van der Waals surface area contributed by atoms with Gasteiger partial charge in [-0.05, 0) is 62.1 Å². The van der Waals surface area contributed by atoms with Crippen molar-refractivity contribution in [1.29, 1.82) is 5.41 Å². The number of unbranched alkanes of at least 4 members (excludes halogenated alkanes) is 1. The van der Waals surface area contributed by atoms with Crippen molar-refractivity contribution in [3.8, 4) is 0 Å². The number of hydrogen-bond acceptors (Lipinski definition) is 13. The third-order valence-electron chi connectivity index (χ3n) is 13.5. The predicted molar refractivity (Wildman–Crippen MR) is 287 cm³/mol. The number of primary amides is 1. The fourth-order valence-corrected chi connectivity index (χ4v) is 9.28. The van der Waals surface area contributed by atoms with Crippen molar-refractivity contribution in [1.82, 2.24) is 52.4 Å². The number of H-pyrrole nitrogens is 1. The van der Waals surface area contributed by atoms with Gasteiger partial charge in [-0.15, -0.1) is 0 Å². The van der Waals surface area contributed by atoms with E-state index in [1.807, 2.05) is 31.2 Å². The molecule has 2 saturated heterocycles. The molecule has 25 nitrogen and oxygen atoms in total. The molecule has 3 aromatic rings. The second-order valence-electron chi connectivity index (χ2n) is 19.5. The number of aromatic amines is 1. The van der Waals surface area contributed by atoms with Crippen molar-refractivity contribution < 1.29 is 57.7 Å². The molecule has 15 N–H and O–H groups in total. The molecule has 3 heterocycles. The van der Waals surface area contributed by atoms with E-state index in [-0.39, 0.29) is 103 Å². The number of aliphatic hydroxyl groups is 1. The van der Waals surface area contributed by atoms with Crippen LogP contribution in [-0.4, -0.2) is 169 Å². The number of guanidine groups is 1. The Bertz CT molecular complexity index is 2530. The molecule has 2 aliphatic rings. The average molecular weight is 1090 g/mol. The molecule has 5 rings (SSSR count). The first kappa shape index (κ1) is 61.2. The topological polar surface area (TPSA) is 383 Å². The summed E-state index contributed by atoms with van der Waals surface area (Å²) in [5.74, 6) is -7.05. The number of fused-ring (bicyclic) bond motifs is 2. The number of amides is 9. The standard InChI is InChI=1S/C53H77N13O12/c1-3-4-16-38(60-45(69)31-78-25-24-77-2)47(71)63-40-20-21-44(68)57-22-11-10-18-37(46(54)70)61-50(74)42(27-33-29-59-36-17-9-8-15-35(33)36)64-48(72)39(19-12-23-58-53(55)56)62-49(73)41(26-32-13-6-5-7-14-32)65-51(75)43-28-34(67)30-66(43)52(40)76/h5-9,13-15,17,29,34,37-43,59,67H,3-4,10-12,16,18-28,30-31H2,1-2H3,(H2,54,70)(H,57,68)(H,60,69)(H,61,74)(H,62,73)(H,63,71)(H,64,72)(H,65,75)(H4,55,56,58)/t34-,37+,38+,39+,40+,41-,42+,43+/m1/s1. The van der Waals surface area contributed by atoms with Crippen LogP contribution in [0.3, 0.4) is 0 Å².